The van der Waals surface area contributed by atoms with Crippen LogP contribution in [-0.4, -0.2) is 40.9 Å². The second-order valence-corrected chi connectivity index (χ2v) is 7.41. The van der Waals surface area contributed by atoms with Gasteiger partial charge in [0.1, 0.15) is 15.8 Å². The van der Waals surface area contributed by atoms with Crippen molar-refractivity contribution in [2.75, 3.05) is 26.8 Å². The molecule has 0 radical (unpaired) electrons. The Morgan fingerprint density at radius 3 is 2.08 bits per heavy atom. The van der Waals surface area contributed by atoms with Gasteiger partial charge in [0.15, 0.2) is 0 Å². The number of ether oxygens (including phenoxy) is 2. The molecule has 1 aliphatic rings. The first-order valence-corrected chi connectivity index (χ1v) is 9.48. The number of nitrogens with zero attached hydrogens (tertiary/aromatic N) is 2. The van der Waals surface area contributed by atoms with Crippen molar-refractivity contribution in [1.29, 1.82) is 0 Å². The molecule has 25 heavy (non-hydrogen) atoms. The van der Waals surface area contributed by atoms with Crippen molar-refractivity contribution >= 4 is 28.3 Å². The van der Waals surface area contributed by atoms with Gasteiger partial charge in [-0.05, 0) is 12.1 Å². The number of thioether (sulfide) groups is 1. The first-order chi connectivity index (χ1) is 12.2. The molecule has 0 aliphatic carbocycles. The van der Waals surface area contributed by atoms with Crippen LogP contribution < -0.4 is 9.47 Å². The average molecular weight is 375 g/mol. The van der Waals surface area contributed by atoms with Gasteiger partial charge in [-0.25, -0.2) is 0 Å². The topological polar surface area (TPSA) is 24.9 Å². The summed E-state index contributed by atoms with van der Waals surface area (Å²) < 4.78 is 11.9. The average Bonchev–Trinajstić information content (AvgIpc) is 2.65. The fourth-order valence-electron chi connectivity index (χ4n) is 2.90. The Bertz CT molecular complexity index is 739. The summed E-state index contributed by atoms with van der Waals surface area (Å²) in [7, 11) is 3.42. The molecule has 2 aromatic rings. The highest BCUT2D eigenvalue weighted by Crippen LogP contribution is 2.27. The molecule has 0 amide bonds. The molecule has 132 valence electrons. The Hall–Kier alpha value is -1.76. The second kappa shape index (κ2) is 8.56. The van der Waals surface area contributed by atoms with Crippen LogP contribution in [0.3, 0.4) is 0 Å². The summed E-state index contributed by atoms with van der Waals surface area (Å²) in [5.74, 6) is 2.72. The second-order valence-electron chi connectivity index (χ2n) is 5.83. The smallest absolute Gasteiger partial charge is 0.138 e. The summed E-state index contributed by atoms with van der Waals surface area (Å²) in [6, 6.07) is 16.3. The van der Waals surface area contributed by atoms with E-state index in [-0.39, 0.29) is 0 Å². The minimum absolute atomic E-state index is 0.748. The molecular formula is C19H22N2O2S2. The Labute approximate surface area is 158 Å². The third kappa shape index (κ3) is 4.45. The van der Waals surface area contributed by atoms with Crippen molar-refractivity contribution in [3.05, 3.63) is 59.7 Å². The van der Waals surface area contributed by atoms with E-state index in [0.29, 0.717) is 0 Å². The highest BCUT2D eigenvalue weighted by atomic mass is 32.2. The first-order valence-electron chi connectivity index (χ1n) is 8.09. The summed E-state index contributed by atoms with van der Waals surface area (Å²) >= 11 is 7.27. The zero-order valence-electron chi connectivity index (χ0n) is 14.5. The van der Waals surface area contributed by atoms with Crippen molar-refractivity contribution in [2.45, 2.75) is 13.1 Å². The van der Waals surface area contributed by atoms with E-state index < -0.39 is 0 Å². The van der Waals surface area contributed by atoms with Crippen molar-refractivity contribution in [2.24, 2.45) is 0 Å². The Morgan fingerprint density at radius 2 is 1.48 bits per heavy atom. The van der Waals surface area contributed by atoms with Gasteiger partial charge in [-0.3, -0.25) is 4.90 Å². The van der Waals surface area contributed by atoms with Crippen LogP contribution in [0.25, 0.3) is 0 Å². The van der Waals surface area contributed by atoms with E-state index >= 15 is 0 Å². The third-order valence-corrected chi connectivity index (χ3v) is 5.75. The van der Waals surface area contributed by atoms with Crippen LogP contribution in [0.4, 0.5) is 0 Å². The van der Waals surface area contributed by atoms with Crippen LogP contribution in [-0.2, 0) is 13.1 Å². The molecule has 0 aromatic heterocycles. The lowest BCUT2D eigenvalue weighted by Crippen LogP contribution is -2.43. The van der Waals surface area contributed by atoms with Gasteiger partial charge in [0, 0.05) is 24.2 Å². The van der Waals surface area contributed by atoms with Crippen LogP contribution in [0.5, 0.6) is 11.5 Å². The molecule has 0 spiro atoms. The van der Waals surface area contributed by atoms with Gasteiger partial charge in [-0.1, -0.05) is 60.4 Å². The summed E-state index contributed by atoms with van der Waals surface area (Å²) in [5, 5.41) is 0. The van der Waals surface area contributed by atoms with E-state index in [2.05, 4.69) is 21.9 Å². The fraction of sp³-hybridized carbons (Fsp3) is 0.316. The quantitative estimate of drug-likeness (QED) is 0.710. The number of methoxy groups -OCH3 is 2. The molecule has 0 unspecified atom stereocenters. The summed E-state index contributed by atoms with van der Waals surface area (Å²) in [5.41, 5.74) is 2.34. The standard InChI is InChI=1S/C19H22N2O2S2/c1-22-17-9-5-3-7-15(17)11-20-13-21(19(24)25-14-20)12-16-8-4-6-10-18(16)23-2/h3-10H,11-14H2,1-2H3. The van der Waals surface area contributed by atoms with Gasteiger partial charge in [-0.2, -0.15) is 0 Å². The lowest BCUT2D eigenvalue weighted by atomic mass is 10.2. The number of thiocarbonyl (C=S) groups is 1. The summed E-state index contributed by atoms with van der Waals surface area (Å²) in [4.78, 5) is 4.59. The molecule has 1 fully saturated rings. The molecule has 0 bridgehead atoms. The highest BCUT2D eigenvalue weighted by molar-refractivity contribution is 8.22. The maximum atomic E-state index is 5.57. The van der Waals surface area contributed by atoms with Crippen molar-refractivity contribution in [3.63, 3.8) is 0 Å². The first kappa shape index (κ1) is 18.0. The number of rotatable bonds is 6. The van der Waals surface area contributed by atoms with E-state index in [4.69, 9.17) is 21.7 Å². The van der Waals surface area contributed by atoms with E-state index in [9.17, 15) is 0 Å². The van der Waals surface area contributed by atoms with Crippen molar-refractivity contribution in [1.82, 2.24) is 9.80 Å². The molecule has 0 N–H and O–H groups in total. The van der Waals surface area contributed by atoms with Crippen LogP contribution in [0, 0.1) is 0 Å². The summed E-state index contributed by atoms with van der Waals surface area (Å²) in [6.07, 6.45) is 0. The third-order valence-electron chi connectivity index (χ3n) is 4.14. The molecule has 0 saturated carbocycles. The van der Waals surface area contributed by atoms with Crippen molar-refractivity contribution < 1.29 is 9.47 Å². The van der Waals surface area contributed by atoms with Crippen LogP contribution >= 0.6 is 24.0 Å². The van der Waals surface area contributed by atoms with Gasteiger partial charge in [0.2, 0.25) is 0 Å². The van der Waals surface area contributed by atoms with E-state index in [1.165, 1.54) is 5.56 Å². The molecule has 1 aliphatic heterocycles. The van der Waals surface area contributed by atoms with Gasteiger partial charge < -0.3 is 14.4 Å². The van der Waals surface area contributed by atoms with Gasteiger partial charge in [0.25, 0.3) is 0 Å². The number of benzene rings is 2. The van der Waals surface area contributed by atoms with Crippen LogP contribution in [0.1, 0.15) is 11.1 Å². The summed E-state index contributed by atoms with van der Waals surface area (Å²) in [6.45, 7) is 2.38. The SMILES string of the molecule is COc1ccccc1CN1CSC(=S)N(Cc2ccccc2OC)C1. The molecule has 4 nitrogen and oxygen atoms in total. The van der Waals surface area contributed by atoms with Gasteiger partial charge >= 0.3 is 0 Å². The lowest BCUT2D eigenvalue weighted by Gasteiger charge is -2.37. The molecule has 0 atom stereocenters. The minimum Gasteiger partial charge on any atom is -0.496 e. The van der Waals surface area contributed by atoms with Gasteiger partial charge in [0.05, 0.1) is 26.8 Å². The Morgan fingerprint density at radius 1 is 0.920 bits per heavy atom. The zero-order valence-corrected chi connectivity index (χ0v) is 16.1. The lowest BCUT2D eigenvalue weighted by molar-refractivity contribution is 0.198. The Balaban J connectivity index is 1.70. The van der Waals surface area contributed by atoms with Crippen molar-refractivity contribution in [3.8, 4) is 11.5 Å². The monoisotopic (exact) mass is 374 g/mol. The molecule has 1 saturated heterocycles. The van der Waals surface area contributed by atoms with Gasteiger partial charge in [-0.15, -0.1) is 0 Å². The number of hydrogen-bond acceptors (Lipinski definition) is 5. The zero-order chi connectivity index (χ0) is 17.6. The maximum Gasteiger partial charge on any atom is 0.138 e. The Kier molecular flexibility index (Phi) is 6.18. The largest absolute Gasteiger partial charge is 0.496 e. The molecular weight excluding hydrogens is 352 g/mol. The highest BCUT2D eigenvalue weighted by Gasteiger charge is 2.23. The predicted molar refractivity (Wildman–Crippen MR) is 107 cm³/mol. The predicted octanol–water partition coefficient (Wildman–Crippen LogP) is 3.95. The van der Waals surface area contributed by atoms with E-state index in [1.807, 2.05) is 36.4 Å². The van der Waals surface area contributed by atoms with E-state index in [0.717, 1.165) is 47.0 Å². The normalized spacial score (nSPS) is 15.3. The number of hydrogen-bond donors (Lipinski definition) is 0. The maximum absolute atomic E-state index is 5.57. The fourth-order valence-corrected chi connectivity index (χ4v) is 3.95. The number of para-hydroxylation sites is 2. The van der Waals surface area contributed by atoms with Crippen LogP contribution in [0.15, 0.2) is 48.5 Å². The molecule has 3 rings (SSSR count). The molecule has 1 heterocycles. The van der Waals surface area contributed by atoms with Crippen LogP contribution in [0.2, 0.25) is 0 Å². The van der Waals surface area contributed by atoms with E-state index in [1.54, 1.807) is 26.0 Å². The molecule has 6 heteroatoms. The molecule has 2 aromatic carbocycles. The minimum atomic E-state index is 0.748.